The van der Waals surface area contributed by atoms with Gasteiger partial charge in [-0.25, -0.2) is 0 Å². The second-order valence-electron chi connectivity index (χ2n) is 4.57. The molecule has 0 bridgehead atoms. The fourth-order valence-corrected chi connectivity index (χ4v) is 1.40. The summed E-state index contributed by atoms with van der Waals surface area (Å²) in [6.07, 6.45) is 1.64. The molecule has 100 valence electrons. The van der Waals surface area contributed by atoms with Gasteiger partial charge in [-0.1, -0.05) is 0 Å². The van der Waals surface area contributed by atoms with E-state index in [4.69, 9.17) is 9.84 Å². The highest BCUT2D eigenvalue weighted by Gasteiger charge is 2.18. The second-order valence-corrected chi connectivity index (χ2v) is 4.57. The first kappa shape index (κ1) is 15.9. The molecular weight excluding hydrogens is 222 g/mol. The van der Waals surface area contributed by atoms with Gasteiger partial charge in [0, 0.05) is 26.0 Å². The van der Waals surface area contributed by atoms with Gasteiger partial charge in [0.15, 0.2) is 0 Å². The standard InChI is InChI=1S/C12H23NO4/c1-4-17-12(2,3)9-13-10(14)7-5-6-8-11(15)16/h4-9H2,1-3H3,(H,13,14)(H,15,16). The summed E-state index contributed by atoms with van der Waals surface area (Å²) < 4.78 is 5.44. The maximum atomic E-state index is 11.4. The SMILES string of the molecule is CCOC(C)(C)CNC(=O)CCCCC(=O)O. The molecule has 5 nitrogen and oxygen atoms in total. The Hall–Kier alpha value is -1.10. The topological polar surface area (TPSA) is 75.6 Å². The first-order valence-electron chi connectivity index (χ1n) is 6.00. The average molecular weight is 245 g/mol. The van der Waals surface area contributed by atoms with E-state index in [0.717, 1.165) is 0 Å². The Kier molecular flexibility index (Phi) is 7.54. The number of hydrogen-bond donors (Lipinski definition) is 2. The number of carboxylic acids is 1. The summed E-state index contributed by atoms with van der Waals surface area (Å²) in [6.45, 7) is 6.83. The van der Waals surface area contributed by atoms with E-state index in [9.17, 15) is 9.59 Å². The first-order valence-corrected chi connectivity index (χ1v) is 6.00. The fraction of sp³-hybridized carbons (Fsp3) is 0.833. The van der Waals surface area contributed by atoms with E-state index < -0.39 is 5.97 Å². The van der Waals surface area contributed by atoms with Crippen LogP contribution in [0, 0.1) is 0 Å². The van der Waals surface area contributed by atoms with E-state index >= 15 is 0 Å². The molecule has 0 atom stereocenters. The Morgan fingerprint density at radius 1 is 1.24 bits per heavy atom. The summed E-state index contributed by atoms with van der Waals surface area (Å²) >= 11 is 0. The molecular formula is C12H23NO4. The normalized spacial score (nSPS) is 11.2. The third kappa shape index (κ3) is 9.81. The van der Waals surface area contributed by atoms with Crippen LogP contribution in [-0.2, 0) is 14.3 Å². The van der Waals surface area contributed by atoms with Crippen molar-refractivity contribution in [2.45, 2.75) is 52.1 Å². The highest BCUT2D eigenvalue weighted by molar-refractivity contribution is 5.76. The minimum atomic E-state index is -0.817. The molecule has 0 radical (unpaired) electrons. The molecule has 2 N–H and O–H groups in total. The predicted molar refractivity (Wildman–Crippen MR) is 64.8 cm³/mol. The van der Waals surface area contributed by atoms with Gasteiger partial charge in [-0.3, -0.25) is 9.59 Å². The molecule has 1 amide bonds. The summed E-state index contributed by atoms with van der Waals surface area (Å²) in [5.74, 6) is -0.869. The molecule has 0 aliphatic carbocycles. The van der Waals surface area contributed by atoms with Gasteiger partial charge >= 0.3 is 5.97 Å². The van der Waals surface area contributed by atoms with E-state index in [1.807, 2.05) is 20.8 Å². The van der Waals surface area contributed by atoms with Gasteiger partial charge in [0.25, 0.3) is 0 Å². The lowest BCUT2D eigenvalue weighted by Crippen LogP contribution is -2.40. The van der Waals surface area contributed by atoms with Crippen LogP contribution in [0.1, 0.15) is 46.5 Å². The van der Waals surface area contributed by atoms with Crippen LogP contribution in [-0.4, -0.2) is 35.7 Å². The van der Waals surface area contributed by atoms with Gasteiger partial charge in [0.05, 0.1) is 5.60 Å². The van der Waals surface area contributed by atoms with Gasteiger partial charge in [-0.2, -0.15) is 0 Å². The van der Waals surface area contributed by atoms with E-state index in [-0.39, 0.29) is 17.9 Å². The number of aliphatic carboxylic acids is 1. The molecule has 0 unspecified atom stereocenters. The van der Waals surface area contributed by atoms with Crippen molar-refractivity contribution in [1.82, 2.24) is 5.32 Å². The van der Waals surface area contributed by atoms with Crippen LogP contribution in [0.4, 0.5) is 0 Å². The van der Waals surface area contributed by atoms with Crippen LogP contribution < -0.4 is 5.32 Å². The summed E-state index contributed by atoms with van der Waals surface area (Å²) in [5, 5.41) is 11.2. The summed E-state index contributed by atoms with van der Waals surface area (Å²) in [5.41, 5.74) is -0.356. The number of rotatable bonds is 9. The van der Waals surface area contributed by atoms with Crippen molar-refractivity contribution >= 4 is 11.9 Å². The van der Waals surface area contributed by atoms with Crippen LogP contribution in [0.2, 0.25) is 0 Å². The monoisotopic (exact) mass is 245 g/mol. The smallest absolute Gasteiger partial charge is 0.303 e. The second kappa shape index (κ2) is 8.06. The highest BCUT2D eigenvalue weighted by atomic mass is 16.5. The predicted octanol–water partition coefficient (Wildman–Crippen LogP) is 1.56. The highest BCUT2D eigenvalue weighted by Crippen LogP contribution is 2.07. The molecule has 0 aromatic carbocycles. The fourth-order valence-electron chi connectivity index (χ4n) is 1.40. The molecule has 0 fully saturated rings. The van der Waals surface area contributed by atoms with Gasteiger partial charge < -0.3 is 15.2 Å². The lowest BCUT2D eigenvalue weighted by Gasteiger charge is -2.24. The maximum Gasteiger partial charge on any atom is 0.303 e. The van der Waals surface area contributed by atoms with Crippen molar-refractivity contribution in [1.29, 1.82) is 0 Å². The molecule has 0 saturated carbocycles. The molecule has 17 heavy (non-hydrogen) atoms. The van der Waals surface area contributed by atoms with Gasteiger partial charge in [0.2, 0.25) is 5.91 Å². The van der Waals surface area contributed by atoms with Gasteiger partial charge in [-0.05, 0) is 33.6 Å². The zero-order valence-corrected chi connectivity index (χ0v) is 10.9. The minimum absolute atomic E-state index is 0.0526. The number of carboxylic acid groups (broad SMARTS) is 1. The maximum absolute atomic E-state index is 11.4. The lowest BCUT2D eigenvalue weighted by molar-refractivity contribution is -0.137. The van der Waals surface area contributed by atoms with Gasteiger partial charge in [-0.15, -0.1) is 0 Å². The third-order valence-electron chi connectivity index (χ3n) is 2.29. The van der Waals surface area contributed by atoms with E-state index in [1.54, 1.807) is 0 Å². The molecule has 0 aromatic heterocycles. The molecule has 0 aromatic rings. The quantitative estimate of drug-likeness (QED) is 0.604. The van der Waals surface area contributed by atoms with Crippen LogP contribution in [0.15, 0.2) is 0 Å². The Bertz CT molecular complexity index is 251. The Labute approximate surface area is 103 Å². The van der Waals surface area contributed by atoms with E-state index in [1.165, 1.54) is 0 Å². The molecule has 0 aliphatic heterocycles. The van der Waals surface area contributed by atoms with Crippen molar-refractivity contribution in [2.24, 2.45) is 0 Å². The molecule has 5 heteroatoms. The van der Waals surface area contributed by atoms with Crippen molar-refractivity contribution in [2.75, 3.05) is 13.2 Å². The van der Waals surface area contributed by atoms with Crippen LogP contribution in [0.25, 0.3) is 0 Å². The number of nitrogens with one attached hydrogen (secondary N) is 1. The molecule has 0 rings (SSSR count). The Morgan fingerprint density at radius 3 is 2.35 bits per heavy atom. The largest absolute Gasteiger partial charge is 0.481 e. The molecule has 0 aliphatic rings. The van der Waals surface area contributed by atoms with E-state index in [0.29, 0.717) is 32.4 Å². The number of carbonyl (C=O) groups excluding carboxylic acids is 1. The summed E-state index contributed by atoms with van der Waals surface area (Å²) in [6, 6.07) is 0. The molecule has 0 saturated heterocycles. The van der Waals surface area contributed by atoms with Crippen molar-refractivity contribution in [3.8, 4) is 0 Å². The minimum Gasteiger partial charge on any atom is -0.481 e. The number of ether oxygens (including phenoxy) is 1. The molecule has 0 heterocycles. The third-order valence-corrected chi connectivity index (χ3v) is 2.29. The van der Waals surface area contributed by atoms with Crippen LogP contribution in [0.5, 0.6) is 0 Å². The number of hydrogen-bond acceptors (Lipinski definition) is 3. The average Bonchev–Trinajstić information content (AvgIpc) is 2.21. The van der Waals surface area contributed by atoms with Crippen molar-refractivity contribution < 1.29 is 19.4 Å². The van der Waals surface area contributed by atoms with E-state index in [2.05, 4.69) is 5.32 Å². The van der Waals surface area contributed by atoms with Crippen molar-refractivity contribution in [3.63, 3.8) is 0 Å². The van der Waals surface area contributed by atoms with Crippen LogP contribution >= 0.6 is 0 Å². The number of unbranched alkanes of at least 4 members (excludes halogenated alkanes) is 1. The Morgan fingerprint density at radius 2 is 1.82 bits per heavy atom. The summed E-state index contributed by atoms with van der Waals surface area (Å²) in [4.78, 5) is 21.7. The first-order chi connectivity index (χ1) is 7.87. The van der Waals surface area contributed by atoms with Gasteiger partial charge in [0.1, 0.15) is 0 Å². The summed E-state index contributed by atoms with van der Waals surface area (Å²) in [7, 11) is 0. The Balaban J connectivity index is 3.62. The number of carbonyl (C=O) groups is 2. The van der Waals surface area contributed by atoms with Crippen LogP contribution in [0.3, 0.4) is 0 Å². The van der Waals surface area contributed by atoms with Crippen molar-refractivity contribution in [3.05, 3.63) is 0 Å². The lowest BCUT2D eigenvalue weighted by atomic mass is 10.1. The number of amides is 1. The zero-order valence-electron chi connectivity index (χ0n) is 10.9. The zero-order chi connectivity index (χ0) is 13.3. The molecule has 0 spiro atoms.